The lowest BCUT2D eigenvalue weighted by Crippen LogP contribution is -2.06. The molecule has 0 saturated heterocycles. The molecule has 0 spiro atoms. The summed E-state index contributed by atoms with van der Waals surface area (Å²) in [6.45, 7) is 2.04. The zero-order valence-electron chi connectivity index (χ0n) is 11.2. The van der Waals surface area contributed by atoms with Crippen molar-refractivity contribution in [1.82, 2.24) is 0 Å². The van der Waals surface area contributed by atoms with Gasteiger partial charge in [-0.25, -0.2) is 0 Å². The van der Waals surface area contributed by atoms with Crippen molar-refractivity contribution in [2.75, 3.05) is 0 Å². The van der Waals surface area contributed by atoms with E-state index in [1.807, 2.05) is 31.2 Å². The van der Waals surface area contributed by atoms with Crippen molar-refractivity contribution in [3.05, 3.63) is 69.2 Å². The second-order valence-electron chi connectivity index (χ2n) is 4.69. The van der Waals surface area contributed by atoms with E-state index in [0.29, 0.717) is 10.0 Å². The van der Waals surface area contributed by atoms with Crippen molar-refractivity contribution in [1.29, 1.82) is 0 Å². The number of benzene rings is 2. The normalized spacial score (nSPS) is 13.2. The molecule has 0 saturated carbocycles. The summed E-state index contributed by atoms with van der Waals surface area (Å²) in [6, 6.07) is 11.1. The van der Waals surface area contributed by atoms with E-state index in [2.05, 4.69) is 15.9 Å². The molecule has 0 heterocycles. The molecule has 0 amide bonds. The molecule has 0 bridgehead atoms. The van der Waals surface area contributed by atoms with Gasteiger partial charge in [0.15, 0.2) is 0 Å². The highest BCUT2D eigenvalue weighted by molar-refractivity contribution is 9.10. The van der Waals surface area contributed by atoms with E-state index < -0.39 is 17.1 Å². The zero-order valence-corrected chi connectivity index (χ0v) is 13.6. The molecular formula is C16H13BrClF3. The van der Waals surface area contributed by atoms with Crippen LogP contribution in [0.15, 0.2) is 46.9 Å². The first kappa shape index (κ1) is 16.4. The molecule has 1 atom stereocenters. The molecule has 0 aliphatic heterocycles. The monoisotopic (exact) mass is 376 g/mol. The Morgan fingerprint density at radius 1 is 1.10 bits per heavy atom. The van der Waals surface area contributed by atoms with Crippen LogP contribution >= 0.6 is 27.5 Å². The zero-order chi connectivity index (χ0) is 15.6. The highest BCUT2D eigenvalue weighted by Gasteiger charge is 2.31. The van der Waals surface area contributed by atoms with Crippen LogP contribution in [-0.2, 0) is 12.6 Å². The molecule has 0 N–H and O–H groups in total. The number of hydrogen-bond donors (Lipinski definition) is 0. The molecule has 2 aromatic carbocycles. The molecule has 0 radical (unpaired) electrons. The van der Waals surface area contributed by atoms with E-state index in [1.54, 1.807) is 0 Å². The van der Waals surface area contributed by atoms with Crippen molar-refractivity contribution < 1.29 is 13.2 Å². The topological polar surface area (TPSA) is 0 Å². The molecule has 2 aromatic rings. The molecule has 112 valence electrons. The Balaban J connectivity index is 2.39. The van der Waals surface area contributed by atoms with Gasteiger partial charge in [0.2, 0.25) is 0 Å². The van der Waals surface area contributed by atoms with Gasteiger partial charge in [0.25, 0.3) is 0 Å². The summed E-state index contributed by atoms with van der Waals surface area (Å²) >= 11 is 9.63. The van der Waals surface area contributed by atoms with Crippen LogP contribution in [0.1, 0.15) is 34.6 Å². The van der Waals surface area contributed by atoms with Crippen LogP contribution in [0.5, 0.6) is 0 Å². The Morgan fingerprint density at radius 2 is 1.71 bits per heavy atom. The second-order valence-corrected chi connectivity index (χ2v) is 5.98. The van der Waals surface area contributed by atoms with Crippen molar-refractivity contribution in [3.63, 3.8) is 0 Å². The number of hydrogen-bond acceptors (Lipinski definition) is 0. The number of aryl methyl sites for hydroxylation is 1. The maximum absolute atomic E-state index is 12.8. The molecule has 2 rings (SSSR count). The van der Waals surface area contributed by atoms with E-state index in [9.17, 15) is 13.2 Å². The average molecular weight is 378 g/mol. The van der Waals surface area contributed by atoms with Gasteiger partial charge in [0, 0.05) is 4.47 Å². The van der Waals surface area contributed by atoms with Crippen LogP contribution in [0.2, 0.25) is 0 Å². The molecule has 0 fully saturated rings. The van der Waals surface area contributed by atoms with E-state index in [1.165, 1.54) is 6.07 Å². The highest BCUT2D eigenvalue weighted by atomic mass is 79.9. The highest BCUT2D eigenvalue weighted by Crippen LogP contribution is 2.38. The smallest absolute Gasteiger partial charge is 0.166 e. The molecule has 1 unspecified atom stereocenters. The molecule has 21 heavy (non-hydrogen) atoms. The van der Waals surface area contributed by atoms with Crippen LogP contribution in [0, 0.1) is 0 Å². The summed E-state index contributed by atoms with van der Waals surface area (Å²) in [6.07, 6.45) is -3.47. The van der Waals surface area contributed by atoms with Crippen LogP contribution in [-0.4, -0.2) is 0 Å². The van der Waals surface area contributed by atoms with E-state index >= 15 is 0 Å². The molecule has 0 aromatic heterocycles. The summed E-state index contributed by atoms with van der Waals surface area (Å²) in [5, 5.41) is -0.632. The molecule has 0 nitrogen and oxygen atoms in total. The SMILES string of the molecule is CCc1ccc(C(Cl)c2cc(C(F)(F)F)ccc2Br)cc1. The molecule has 5 heteroatoms. The summed E-state index contributed by atoms with van der Waals surface area (Å²) in [5.41, 5.74) is 1.65. The van der Waals surface area contributed by atoms with E-state index in [0.717, 1.165) is 29.7 Å². The maximum atomic E-state index is 12.8. The minimum absolute atomic E-state index is 0.413. The standard InChI is InChI=1S/C16H13BrClF3/c1-2-10-3-5-11(6-4-10)15(18)13-9-12(16(19,20)21)7-8-14(13)17/h3-9,15H,2H2,1H3. The minimum Gasteiger partial charge on any atom is -0.166 e. The lowest BCUT2D eigenvalue weighted by molar-refractivity contribution is -0.137. The average Bonchev–Trinajstić information content (AvgIpc) is 2.46. The largest absolute Gasteiger partial charge is 0.416 e. The molecule has 0 aliphatic carbocycles. The van der Waals surface area contributed by atoms with Crippen LogP contribution in [0.4, 0.5) is 13.2 Å². The predicted octanol–water partition coefficient (Wildman–Crippen LogP) is 6.36. The van der Waals surface area contributed by atoms with Gasteiger partial charge in [0.1, 0.15) is 0 Å². The van der Waals surface area contributed by atoms with Gasteiger partial charge in [-0.1, -0.05) is 47.1 Å². The second kappa shape index (κ2) is 6.41. The fraction of sp³-hybridized carbons (Fsp3) is 0.250. The van der Waals surface area contributed by atoms with Gasteiger partial charge in [-0.05, 0) is 41.3 Å². The van der Waals surface area contributed by atoms with Gasteiger partial charge in [-0.15, -0.1) is 11.6 Å². The van der Waals surface area contributed by atoms with Crippen LogP contribution < -0.4 is 0 Å². The predicted molar refractivity (Wildman–Crippen MR) is 82.7 cm³/mol. The Morgan fingerprint density at radius 3 is 2.24 bits per heavy atom. The van der Waals surface area contributed by atoms with E-state index in [4.69, 9.17) is 11.6 Å². The van der Waals surface area contributed by atoms with Crippen molar-refractivity contribution >= 4 is 27.5 Å². The third kappa shape index (κ3) is 3.80. The lowest BCUT2D eigenvalue weighted by atomic mass is 10.0. The van der Waals surface area contributed by atoms with Crippen molar-refractivity contribution in [3.8, 4) is 0 Å². The first-order chi connectivity index (χ1) is 9.82. The Hall–Kier alpha value is -1.00. The maximum Gasteiger partial charge on any atom is 0.416 e. The third-order valence-electron chi connectivity index (χ3n) is 3.28. The number of alkyl halides is 4. The van der Waals surface area contributed by atoms with Gasteiger partial charge in [-0.2, -0.15) is 13.2 Å². The fourth-order valence-corrected chi connectivity index (χ4v) is 2.95. The van der Waals surface area contributed by atoms with Crippen LogP contribution in [0.25, 0.3) is 0 Å². The summed E-state index contributed by atoms with van der Waals surface area (Å²) < 4.78 is 39.0. The van der Waals surface area contributed by atoms with Crippen molar-refractivity contribution in [2.24, 2.45) is 0 Å². The van der Waals surface area contributed by atoms with Gasteiger partial charge >= 0.3 is 6.18 Å². The fourth-order valence-electron chi connectivity index (χ4n) is 2.02. The van der Waals surface area contributed by atoms with Gasteiger partial charge < -0.3 is 0 Å². The Bertz CT molecular complexity index is 620. The lowest BCUT2D eigenvalue weighted by Gasteiger charge is -2.15. The van der Waals surface area contributed by atoms with Gasteiger partial charge in [-0.3, -0.25) is 0 Å². The van der Waals surface area contributed by atoms with Crippen molar-refractivity contribution in [2.45, 2.75) is 24.9 Å². The van der Waals surface area contributed by atoms with Crippen LogP contribution in [0.3, 0.4) is 0 Å². The van der Waals surface area contributed by atoms with E-state index in [-0.39, 0.29) is 0 Å². The summed E-state index contributed by atoms with van der Waals surface area (Å²) in [7, 11) is 0. The minimum atomic E-state index is -4.38. The summed E-state index contributed by atoms with van der Waals surface area (Å²) in [5.74, 6) is 0. The quantitative estimate of drug-likeness (QED) is 0.546. The van der Waals surface area contributed by atoms with Gasteiger partial charge in [0.05, 0.1) is 10.9 Å². The number of rotatable bonds is 3. The molecule has 0 aliphatic rings. The third-order valence-corrected chi connectivity index (χ3v) is 4.49. The molecular weight excluding hydrogens is 365 g/mol. The Labute approximate surface area is 135 Å². The first-order valence-electron chi connectivity index (χ1n) is 6.42. The Kier molecular flexibility index (Phi) is 4.99. The first-order valence-corrected chi connectivity index (χ1v) is 7.65. The number of halogens is 5. The summed E-state index contributed by atoms with van der Waals surface area (Å²) in [4.78, 5) is 0.